The van der Waals surface area contributed by atoms with Crippen LogP contribution in [0.2, 0.25) is 0 Å². The molecule has 10 heteroatoms. The molecule has 0 heterocycles. The minimum absolute atomic E-state index is 0.0752. The number of esters is 1. The fourth-order valence-corrected chi connectivity index (χ4v) is 3.49. The summed E-state index contributed by atoms with van der Waals surface area (Å²) in [6, 6.07) is 7.97. The first kappa shape index (κ1) is 21.9. The first-order valence-corrected chi connectivity index (χ1v) is 9.82. The van der Waals surface area contributed by atoms with Crippen molar-refractivity contribution in [1.29, 1.82) is 0 Å². The quantitative estimate of drug-likeness (QED) is 0.405. The number of nitro groups is 2. The average molecular weight is 427 g/mol. The Hall–Kier alpha value is -3.82. The Morgan fingerprint density at radius 1 is 0.935 bits per heavy atom. The van der Waals surface area contributed by atoms with Crippen LogP contribution in [0.1, 0.15) is 58.4 Å². The third kappa shape index (κ3) is 5.21. The largest absolute Gasteiger partial charge is 0.459 e. The fourth-order valence-electron chi connectivity index (χ4n) is 3.49. The van der Waals surface area contributed by atoms with E-state index in [1.807, 2.05) is 0 Å². The first-order valence-electron chi connectivity index (χ1n) is 9.82. The van der Waals surface area contributed by atoms with Crippen LogP contribution in [0.3, 0.4) is 0 Å². The van der Waals surface area contributed by atoms with Gasteiger partial charge in [0, 0.05) is 17.8 Å². The summed E-state index contributed by atoms with van der Waals surface area (Å²) in [4.78, 5) is 45.6. The highest BCUT2D eigenvalue weighted by atomic mass is 16.6. The Labute approximate surface area is 177 Å². The molecular weight excluding hydrogens is 406 g/mol. The van der Waals surface area contributed by atoms with Crippen molar-refractivity contribution >= 4 is 28.9 Å². The van der Waals surface area contributed by atoms with Gasteiger partial charge in [-0.15, -0.1) is 0 Å². The molecule has 31 heavy (non-hydrogen) atoms. The van der Waals surface area contributed by atoms with Crippen LogP contribution >= 0.6 is 0 Å². The van der Waals surface area contributed by atoms with Gasteiger partial charge in [0.15, 0.2) is 0 Å². The van der Waals surface area contributed by atoms with Gasteiger partial charge in [0.1, 0.15) is 11.7 Å². The van der Waals surface area contributed by atoms with E-state index in [0.717, 1.165) is 44.2 Å². The van der Waals surface area contributed by atoms with Crippen molar-refractivity contribution in [1.82, 2.24) is 0 Å². The lowest BCUT2D eigenvalue weighted by Gasteiger charge is -2.21. The standard InChI is InChI=1S/C21H21N3O7/c1-13-18(23(27)28)11-15(12-19(13)24(29)30)20(25)22-16-9-7-14(8-10-16)21(26)31-17-5-3-2-4-6-17/h7-12,17H,2-6H2,1H3,(H,22,25). The molecule has 1 aliphatic rings. The number of anilines is 1. The van der Waals surface area contributed by atoms with Crippen molar-refractivity contribution in [2.45, 2.75) is 45.1 Å². The SMILES string of the molecule is Cc1c([N+](=O)[O-])cc(C(=O)Nc2ccc(C(=O)OC3CCCCC3)cc2)cc1[N+](=O)[O-]. The number of benzene rings is 2. The molecule has 2 aromatic carbocycles. The lowest BCUT2D eigenvalue weighted by Crippen LogP contribution is -2.21. The molecular formula is C21H21N3O7. The molecule has 0 aliphatic heterocycles. The molecule has 0 saturated heterocycles. The van der Waals surface area contributed by atoms with Crippen LogP contribution < -0.4 is 5.32 Å². The van der Waals surface area contributed by atoms with Gasteiger partial charge in [-0.05, 0) is 56.9 Å². The molecule has 162 valence electrons. The molecule has 0 bridgehead atoms. The maximum Gasteiger partial charge on any atom is 0.338 e. The molecule has 1 amide bonds. The molecule has 2 aromatic rings. The monoisotopic (exact) mass is 427 g/mol. The molecule has 0 spiro atoms. The smallest absolute Gasteiger partial charge is 0.338 e. The van der Waals surface area contributed by atoms with E-state index >= 15 is 0 Å². The normalized spacial score (nSPS) is 14.0. The maximum absolute atomic E-state index is 12.5. The van der Waals surface area contributed by atoms with Crippen LogP contribution in [-0.4, -0.2) is 27.8 Å². The van der Waals surface area contributed by atoms with Crippen molar-refractivity contribution in [2.24, 2.45) is 0 Å². The number of hydrogen-bond donors (Lipinski definition) is 1. The Kier molecular flexibility index (Phi) is 6.58. The third-order valence-corrected chi connectivity index (χ3v) is 5.21. The molecule has 1 saturated carbocycles. The van der Waals surface area contributed by atoms with E-state index in [0.29, 0.717) is 11.3 Å². The van der Waals surface area contributed by atoms with Crippen molar-refractivity contribution in [3.63, 3.8) is 0 Å². The zero-order valence-electron chi connectivity index (χ0n) is 16.8. The van der Waals surface area contributed by atoms with Crippen LogP contribution in [0.4, 0.5) is 17.1 Å². The number of nitro benzene ring substituents is 2. The number of hydrogen-bond acceptors (Lipinski definition) is 7. The van der Waals surface area contributed by atoms with E-state index in [2.05, 4.69) is 5.32 Å². The number of amides is 1. The Bertz CT molecular complexity index is 993. The zero-order valence-corrected chi connectivity index (χ0v) is 16.8. The van der Waals surface area contributed by atoms with Crippen molar-refractivity contribution in [2.75, 3.05) is 5.32 Å². The summed E-state index contributed by atoms with van der Waals surface area (Å²) in [5.74, 6) is -1.18. The third-order valence-electron chi connectivity index (χ3n) is 5.21. The summed E-state index contributed by atoms with van der Waals surface area (Å²) >= 11 is 0. The summed E-state index contributed by atoms with van der Waals surface area (Å²) in [5, 5.41) is 24.9. The highest BCUT2D eigenvalue weighted by Crippen LogP contribution is 2.30. The number of nitrogens with one attached hydrogen (secondary N) is 1. The molecule has 0 unspecified atom stereocenters. The molecule has 10 nitrogen and oxygen atoms in total. The first-order chi connectivity index (χ1) is 14.8. The van der Waals surface area contributed by atoms with Crippen LogP contribution in [0, 0.1) is 27.2 Å². The van der Waals surface area contributed by atoms with Gasteiger partial charge in [0.05, 0.1) is 21.0 Å². The summed E-state index contributed by atoms with van der Waals surface area (Å²) in [6.45, 7) is 1.25. The summed E-state index contributed by atoms with van der Waals surface area (Å²) < 4.78 is 5.50. The van der Waals surface area contributed by atoms with Gasteiger partial charge >= 0.3 is 5.97 Å². The van der Waals surface area contributed by atoms with Crippen LogP contribution in [-0.2, 0) is 4.74 Å². The lowest BCUT2D eigenvalue weighted by molar-refractivity contribution is -0.395. The zero-order chi connectivity index (χ0) is 22.5. The molecule has 0 aromatic heterocycles. The summed E-state index contributed by atoms with van der Waals surface area (Å²) in [5.41, 5.74) is -0.715. The van der Waals surface area contributed by atoms with E-state index in [9.17, 15) is 29.8 Å². The number of nitrogens with zero attached hydrogens (tertiary/aromatic N) is 2. The second-order valence-electron chi connectivity index (χ2n) is 7.35. The van der Waals surface area contributed by atoms with E-state index in [-0.39, 0.29) is 17.2 Å². The number of rotatable bonds is 6. The molecule has 1 fully saturated rings. The van der Waals surface area contributed by atoms with E-state index in [1.165, 1.54) is 31.2 Å². The van der Waals surface area contributed by atoms with Crippen LogP contribution in [0.25, 0.3) is 0 Å². The number of ether oxygens (including phenoxy) is 1. The minimum Gasteiger partial charge on any atom is -0.459 e. The Morgan fingerprint density at radius 3 is 2.00 bits per heavy atom. The minimum atomic E-state index is -0.772. The van der Waals surface area contributed by atoms with Gasteiger partial charge < -0.3 is 10.1 Å². The highest BCUT2D eigenvalue weighted by Gasteiger charge is 2.25. The van der Waals surface area contributed by atoms with E-state index in [1.54, 1.807) is 0 Å². The maximum atomic E-state index is 12.5. The van der Waals surface area contributed by atoms with Crippen LogP contribution in [0.15, 0.2) is 36.4 Å². The molecule has 3 rings (SSSR count). The topological polar surface area (TPSA) is 142 Å². The van der Waals surface area contributed by atoms with Gasteiger partial charge in [-0.3, -0.25) is 25.0 Å². The number of carbonyl (C=O) groups is 2. The predicted molar refractivity (Wildman–Crippen MR) is 111 cm³/mol. The van der Waals surface area contributed by atoms with Crippen LogP contribution in [0.5, 0.6) is 0 Å². The second kappa shape index (κ2) is 9.33. The highest BCUT2D eigenvalue weighted by molar-refractivity contribution is 6.05. The lowest BCUT2D eigenvalue weighted by atomic mass is 9.98. The number of carbonyl (C=O) groups excluding carboxylic acids is 2. The molecule has 0 radical (unpaired) electrons. The van der Waals surface area contributed by atoms with E-state index in [4.69, 9.17) is 4.74 Å². The molecule has 1 aliphatic carbocycles. The Balaban J connectivity index is 1.72. The van der Waals surface area contributed by atoms with Gasteiger partial charge in [0.2, 0.25) is 0 Å². The summed E-state index contributed by atoms with van der Waals surface area (Å²) in [7, 11) is 0. The van der Waals surface area contributed by atoms with Crippen molar-refractivity contribution in [3.05, 3.63) is 73.3 Å². The molecule has 0 atom stereocenters. The fraction of sp³-hybridized carbons (Fsp3) is 0.333. The van der Waals surface area contributed by atoms with Gasteiger partial charge in [-0.2, -0.15) is 0 Å². The Morgan fingerprint density at radius 2 is 1.48 bits per heavy atom. The van der Waals surface area contributed by atoms with Gasteiger partial charge in [-0.1, -0.05) is 6.42 Å². The van der Waals surface area contributed by atoms with Crippen molar-refractivity contribution in [3.8, 4) is 0 Å². The van der Waals surface area contributed by atoms with Crippen molar-refractivity contribution < 1.29 is 24.2 Å². The second-order valence-corrected chi connectivity index (χ2v) is 7.35. The average Bonchev–Trinajstić information content (AvgIpc) is 2.74. The summed E-state index contributed by atoms with van der Waals surface area (Å²) in [6.07, 6.45) is 4.86. The van der Waals surface area contributed by atoms with E-state index < -0.39 is 33.1 Å². The van der Waals surface area contributed by atoms with Gasteiger partial charge in [-0.25, -0.2) is 4.79 Å². The predicted octanol–water partition coefficient (Wildman–Crippen LogP) is 4.55. The molecule has 1 N–H and O–H groups in total. The van der Waals surface area contributed by atoms with Gasteiger partial charge in [0.25, 0.3) is 17.3 Å².